The van der Waals surface area contributed by atoms with Crippen molar-refractivity contribution in [3.63, 3.8) is 0 Å². The second kappa shape index (κ2) is 7.07. The van der Waals surface area contributed by atoms with Crippen molar-refractivity contribution >= 4 is 27.5 Å². The number of benzene rings is 1. The first-order valence-corrected chi connectivity index (χ1v) is 7.46. The maximum Gasteiger partial charge on any atom is 0.124 e. The Labute approximate surface area is 132 Å². The van der Waals surface area contributed by atoms with Crippen LogP contribution in [-0.2, 0) is 6.61 Å². The number of aromatic nitrogens is 1. The van der Waals surface area contributed by atoms with Crippen molar-refractivity contribution in [1.82, 2.24) is 10.3 Å². The molecule has 0 aliphatic carbocycles. The first kappa shape index (κ1) is 15.3. The van der Waals surface area contributed by atoms with Gasteiger partial charge in [-0.2, -0.15) is 0 Å². The number of hydrogen-bond acceptors (Lipinski definition) is 3. The third-order valence-electron chi connectivity index (χ3n) is 3.03. The van der Waals surface area contributed by atoms with E-state index >= 15 is 0 Å². The molecule has 0 saturated heterocycles. The fraction of sp³-hybridized carbons (Fsp3) is 0.267. The van der Waals surface area contributed by atoms with Crippen LogP contribution < -0.4 is 10.1 Å². The predicted molar refractivity (Wildman–Crippen MR) is 85.2 cm³/mol. The second-order valence-corrected chi connectivity index (χ2v) is 5.84. The third-order valence-corrected chi connectivity index (χ3v) is 3.70. The number of pyridine rings is 1. The van der Waals surface area contributed by atoms with E-state index in [9.17, 15) is 0 Å². The van der Waals surface area contributed by atoms with Crippen LogP contribution >= 0.6 is 27.5 Å². The lowest BCUT2D eigenvalue weighted by molar-refractivity contribution is 0.300. The van der Waals surface area contributed by atoms with Crippen molar-refractivity contribution in [1.29, 1.82) is 0 Å². The highest BCUT2D eigenvalue weighted by Crippen LogP contribution is 2.29. The van der Waals surface area contributed by atoms with Gasteiger partial charge >= 0.3 is 0 Å². The summed E-state index contributed by atoms with van der Waals surface area (Å²) in [5.41, 5.74) is 2.06. The van der Waals surface area contributed by atoms with Crippen LogP contribution in [0.15, 0.2) is 41.1 Å². The largest absolute Gasteiger partial charge is 0.489 e. The summed E-state index contributed by atoms with van der Waals surface area (Å²) in [6, 6.07) is 7.82. The van der Waals surface area contributed by atoms with Crippen molar-refractivity contribution in [2.45, 2.75) is 19.6 Å². The van der Waals surface area contributed by atoms with Crippen LogP contribution in [0.25, 0.3) is 0 Å². The van der Waals surface area contributed by atoms with Crippen LogP contribution in [0.1, 0.15) is 24.1 Å². The molecule has 0 aliphatic rings. The molecule has 0 radical (unpaired) electrons. The van der Waals surface area contributed by atoms with E-state index in [2.05, 4.69) is 33.2 Å². The Kier molecular flexibility index (Phi) is 5.40. The SMILES string of the molecule is CNC(C)c1cc(Cl)ccc1OCc1cncc(Br)c1. The molecule has 0 bridgehead atoms. The molecule has 1 aromatic carbocycles. The van der Waals surface area contributed by atoms with Gasteiger partial charge in [-0.25, -0.2) is 0 Å². The monoisotopic (exact) mass is 354 g/mol. The Morgan fingerprint density at radius 1 is 1.35 bits per heavy atom. The molecule has 0 aliphatic heterocycles. The smallest absolute Gasteiger partial charge is 0.124 e. The van der Waals surface area contributed by atoms with E-state index in [1.807, 2.05) is 31.3 Å². The Balaban J connectivity index is 2.16. The first-order valence-electron chi connectivity index (χ1n) is 6.29. The van der Waals surface area contributed by atoms with Gasteiger partial charge in [-0.3, -0.25) is 4.98 Å². The standard InChI is InChI=1S/C15H16BrClN2O/c1-10(18-2)14-6-13(17)3-4-15(14)20-9-11-5-12(16)8-19-7-11/h3-8,10,18H,9H2,1-2H3. The number of ether oxygens (including phenoxy) is 1. The zero-order valence-electron chi connectivity index (χ0n) is 11.4. The highest BCUT2D eigenvalue weighted by atomic mass is 79.9. The van der Waals surface area contributed by atoms with Gasteiger partial charge in [-0.1, -0.05) is 11.6 Å². The first-order chi connectivity index (χ1) is 9.60. The molecule has 20 heavy (non-hydrogen) atoms. The van der Waals surface area contributed by atoms with Crippen LogP contribution in [0.4, 0.5) is 0 Å². The molecule has 3 nitrogen and oxygen atoms in total. The minimum absolute atomic E-state index is 0.171. The Bertz CT molecular complexity index is 592. The number of nitrogens with zero attached hydrogens (tertiary/aromatic N) is 1. The van der Waals surface area contributed by atoms with Gasteiger partial charge in [0.2, 0.25) is 0 Å². The van der Waals surface area contributed by atoms with Gasteiger partial charge in [0.05, 0.1) is 0 Å². The summed E-state index contributed by atoms with van der Waals surface area (Å²) >= 11 is 9.46. The van der Waals surface area contributed by atoms with Gasteiger partial charge < -0.3 is 10.1 Å². The molecule has 106 valence electrons. The average Bonchev–Trinajstić information content (AvgIpc) is 2.45. The second-order valence-electron chi connectivity index (χ2n) is 4.49. The lowest BCUT2D eigenvalue weighted by atomic mass is 10.1. The summed E-state index contributed by atoms with van der Waals surface area (Å²) in [6.07, 6.45) is 3.54. The van der Waals surface area contributed by atoms with Crippen LogP contribution in [0.5, 0.6) is 5.75 Å². The van der Waals surface area contributed by atoms with E-state index in [4.69, 9.17) is 16.3 Å². The molecular weight excluding hydrogens is 340 g/mol. The van der Waals surface area contributed by atoms with Crippen LogP contribution in [0.2, 0.25) is 5.02 Å². The van der Waals surface area contributed by atoms with Crippen LogP contribution in [-0.4, -0.2) is 12.0 Å². The van der Waals surface area contributed by atoms with Crippen molar-refractivity contribution in [2.75, 3.05) is 7.05 Å². The number of halogens is 2. The third kappa shape index (κ3) is 3.95. The normalized spacial score (nSPS) is 12.2. The molecule has 5 heteroatoms. The predicted octanol–water partition coefficient (Wildman–Crippen LogP) is 4.36. The van der Waals surface area contributed by atoms with Crippen molar-refractivity contribution in [2.24, 2.45) is 0 Å². The summed E-state index contributed by atoms with van der Waals surface area (Å²) < 4.78 is 6.84. The van der Waals surface area contributed by atoms with E-state index < -0.39 is 0 Å². The fourth-order valence-corrected chi connectivity index (χ4v) is 2.43. The molecule has 1 N–H and O–H groups in total. The Morgan fingerprint density at radius 3 is 2.85 bits per heavy atom. The van der Waals surface area contributed by atoms with Crippen molar-refractivity contribution in [3.8, 4) is 5.75 Å². The van der Waals surface area contributed by atoms with E-state index in [0.29, 0.717) is 11.6 Å². The molecule has 1 atom stereocenters. The Hall–Kier alpha value is -1.10. The highest BCUT2D eigenvalue weighted by molar-refractivity contribution is 9.10. The summed E-state index contributed by atoms with van der Waals surface area (Å²) in [5, 5.41) is 3.90. The van der Waals surface area contributed by atoms with Crippen molar-refractivity contribution < 1.29 is 4.74 Å². The maximum absolute atomic E-state index is 6.06. The Morgan fingerprint density at radius 2 is 2.15 bits per heavy atom. The van der Waals surface area contributed by atoms with Crippen LogP contribution in [0.3, 0.4) is 0 Å². The van der Waals surface area contributed by atoms with Crippen molar-refractivity contribution in [3.05, 3.63) is 57.3 Å². The van der Waals surface area contributed by atoms with Gasteiger partial charge in [-0.15, -0.1) is 0 Å². The van der Waals surface area contributed by atoms with Gasteiger partial charge in [0.1, 0.15) is 12.4 Å². The summed E-state index contributed by atoms with van der Waals surface area (Å²) in [6.45, 7) is 2.54. The fourth-order valence-electron chi connectivity index (χ4n) is 1.84. The quantitative estimate of drug-likeness (QED) is 0.865. The van der Waals surface area contributed by atoms with Gasteiger partial charge in [0.25, 0.3) is 0 Å². The van der Waals surface area contributed by atoms with E-state index in [1.54, 1.807) is 12.4 Å². The summed E-state index contributed by atoms with van der Waals surface area (Å²) in [7, 11) is 1.91. The molecule has 0 amide bonds. The zero-order valence-corrected chi connectivity index (χ0v) is 13.7. The lowest BCUT2D eigenvalue weighted by Gasteiger charge is -2.17. The van der Waals surface area contributed by atoms with E-state index in [1.165, 1.54) is 0 Å². The highest BCUT2D eigenvalue weighted by Gasteiger charge is 2.11. The number of nitrogens with one attached hydrogen (secondary N) is 1. The molecule has 2 aromatic rings. The van der Waals surface area contributed by atoms with E-state index in [0.717, 1.165) is 21.3 Å². The summed E-state index contributed by atoms with van der Waals surface area (Å²) in [5.74, 6) is 0.830. The lowest BCUT2D eigenvalue weighted by Crippen LogP contribution is -2.13. The topological polar surface area (TPSA) is 34.1 Å². The number of rotatable bonds is 5. The molecule has 1 aromatic heterocycles. The molecule has 2 rings (SSSR count). The van der Waals surface area contributed by atoms with Crippen LogP contribution in [0, 0.1) is 0 Å². The van der Waals surface area contributed by atoms with E-state index in [-0.39, 0.29) is 6.04 Å². The maximum atomic E-state index is 6.06. The molecule has 1 unspecified atom stereocenters. The zero-order chi connectivity index (χ0) is 14.5. The molecule has 0 saturated carbocycles. The molecular formula is C15H16BrClN2O. The molecule has 1 heterocycles. The number of hydrogen-bond donors (Lipinski definition) is 1. The van der Waals surface area contributed by atoms with Gasteiger partial charge in [0, 0.05) is 39.1 Å². The average molecular weight is 356 g/mol. The van der Waals surface area contributed by atoms with Gasteiger partial charge in [0.15, 0.2) is 0 Å². The molecule has 0 spiro atoms. The minimum Gasteiger partial charge on any atom is -0.489 e. The van der Waals surface area contributed by atoms with Gasteiger partial charge in [-0.05, 0) is 54.2 Å². The molecule has 0 fully saturated rings. The summed E-state index contributed by atoms with van der Waals surface area (Å²) in [4.78, 5) is 4.12. The minimum atomic E-state index is 0.171.